The molecule has 0 aromatic heterocycles. The SMILES string of the molecule is C[C@H]1[C@@H](CN(C)[C@@H](C)c2ccccc2)O[C@@H](c2cccc(NC(=O)c3c(F)c(F)c(F)c(F)c3F)c2)O[C@H]1c1ccc(CO)cc1. The monoisotopic (exact) mass is 640 g/mol. The number of carbonyl (C=O) groups is 1. The lowest BCUT2D eigenvalue weighted by Gasteiger charge is -2.43. The van der Waals surface area contributed by atoms with Crippen molar-refractivity contribution in [1.29, 1.82) is 0 Å². The fourth-order valence-corrected chi connectivity index (χ4v) is 5.52. The molecule has 1 heterocycles. The highest BCUT2D eigenvalue weighted by Gasteiger charge is 2.39. The molecule has 5 atom stereocenters. The van der Waals surface area contributed by atoms with Crippen LogP contribution in [0.2, 0.25) is 0 Å². The second kappa shape index (κ2) is 14.1. The number of aliphatic hydroxyl groups is 1. The van der Waals surface area contributed by atoms with Crippen molar-refractivity contribution in [3.05, 3.63) is 136 Å². The van der Waals surface area contributed by atoms with Gasteiger partial charge >= 0.3 is 0 Å². The molecule has 1 fully saturated rings. The van der Waals surface area contributed by atoms with Crippen LogP contribution in [0.3, 0.4) is 0 Å². The van der Waals surface area contributed by atoms with Crippen LogP contribution >= 0.6 is 0 Å². The lowest BCUT2D eigenvalue weighted by molar-refractivity contribution is -0.276. The minimum Gasteiger partial charge on any atom is -0.392 e. The van der Waals surface area contributed by atoms with Crippen LogP contribution in [-0.4, -0.2) is 35.6 Å². The maximum absolute atomic E-state index is 14.3. The number of carbonyl (C=O) groups excluding carboxylic acids is 1. The van der Waals surface area contributed by atoms with Crippen LogP contribution < -0.4 is 5.32 Å². The Bertz CT molecular complexity index is 1660. The Hall–Kier alpha value is -4.16. The van der Waals surface area contributed by atoms with E-state index in [1.165, 1.54) is 18.2 Å². The van der Waals surface area contributed by atoms with E-state index in [0.717, 1.165) is 16.7 Å². The van der Waals surface area contributed by atoms with Crippen LogP contribution in [0.1, 0.15) is 64.9 Å². The number of nitrogens with zero attached hydrogens (tertiary/aromatic N) is 1. The van der Waals surface area contributed by atoms with E-state index in [1.54, 1.807) is 6.07 Å². The normalized spacial score (nSPS) is 20.5. The first kappa shape index (κ1) is 33.2. The van der Waals surface area contributed by atoms with Crippen molar-refractivity contribution in [2.75, 3.05) is 18.9 Å². The largest absolute Gasteiger partial charge is 0.392 e. The Morgan fingerprint density at radius 2 is 1.48 bits per heavy atom. The van der Waals surface area contributed by atoms with Gasteiger partial charge in [0.1, 0.15) is 5.56 Å². The molecule has 46 heavy (non-hydrogen) atoms. The summed E-state index contributed by atoms with van der Waals surface area (Å²) < 4.78 is 82.5. The zero-order valence-electron chi connectivity index (χ0n) is 25.3. The molecule has 1 amide bonds. The molecule has 1 saturated heterocycles. The van der Waals surface area contributed by atoms with Gasteiger partial charge in [-0.2, -0.15) is 0 Å². The third-order valence-electron chi connectivity index (χ3n) is 8.39. The Balaban J connectivity index is 1.42. The number of benzene rings is 4. The number of aliphatic hydroxyl groups excluding tert-OH is 1. The van der Waals surface area contributed by atoms with Crippen LogP contribution in [0.25, 0.3) is 0 Å². The second-order valence-corrected chi connectivity index (χ2v) is 11.4. The molecule has 242 valence electrons. The number of hydrogen-bond acceptors (Lipinski definition) is 5. The number of anilines is 1. The maximum Gasteiger partial charge on any atom is 0.261 e. The molecule has 4 aromatic carbocycles. The number of ether oxygens (including phenoxy) is 2. The third-order valence-corrected chi connectivity index (χ3v) is 8.39. The topological polar surface area (TPSA) is 71.0 Å². The van der Waals surface area contributed by atoms with Crippen LogP contribution in [0.15, 0.2) is 78.9 Å². The minimum absolute atomic E-state index is 0.0208. The highest BCUT2D eigenvalue weighted by molar-refractivity contribution is 6.04. The molecule has 4 aromatic rings. The van der Waals surface area contributed by atoms with E-state index in [9.17, 15) is 31.9 Å². The molecule has 0 bridgehead atoms. The molecule has 2 N–H and O–H groups in total. The Morgan fingerprint density at radius 1 is 0.848 bits per heavy atom. The van der Waals surface area contributed by atoms with E-state index in [2.05, 4.69) is 29.3 Å². The first-order valence-corrected chi connectivity index (χ1v) is 14.7. The van der Waals surface area contributed by atoms with Gasteiger partial charge in [-0.05, 0) is 42.8 Å². The molecule has 0 unspecified atom stereocenters. The van der Waals surface area contributed by atoms with E-state index >= 15 is 0 Å². The summed E-state index contributed by atoms with van der Waals surface area (Å²) in [5, 5.41) is 11.7. The van der Waals surface area contributed by atoms with Crippen LogP contribution in [-0.2, 0) is 16.1 Å². The van der Waals surface area contributed by atoms with Gasteiger partial charge in [-0.1, -0.05) is 73.7 Å². The zero-order chi connectivity index (χ0) is 33.1. The van der Waals surface area contributed by atoms with E-state index < -0.39 is 53.0 Å². The van der Waals surface area contributed by atoms with Gasteiger partial charge in [0.15, 0.2) is 29.6 Å². The van der Waals surface area contributed by atoms with Crippen molar-refractivity contribution in [2.24, 2.45) is 5.92 Å². The average Bonchev–Trinajstić information content (AvgIpc) is 3.07. The summed E-state index contributed by atoms with van der Waals surface area (Å²) in [6.07, 6.45) is -1.73. The summed E-state index contributed by atoms with van der Waals surface area (Å²) in [6.45, 7) is 4.53. The summed E-state index contributed by atoms with van der Waals surface area (Å²) in [4.78, 5) is 14.9. The van der Waals surface area contributed by atoms with Gasteiger partial charge in [0, 0.05) is 29.8 Å². The van der Waals surface area contributed by atoms with Crippen LogP contribution in [0.4, 0.5) is 27.6 Å². The second-order valence-electron chi connectivity index (χ2n) is 11.4. The Morgan fingerprint density at radius 3 is 2.11 bits per heavy atom. The molecule has 5 rings (SSSR count). The van der Waals surface area contributed by atoms with Crippen molar-refractivity contribution in [3.8, 4) is 0 Å². The van der Waals surface area contributed by atoms with Gasteiger partial charge in [0.2, 0.25) is 5.82 Å². The summed E-state index contributed by atoms with van der Waals surface area (Å²) >= 11 is 0. The predicted octanol–water partition coefficient (Wildman–Crippen LogP) is 7.61. The molecule has 0 saturated carbocycles. The number of nitrogens with one attached hydrogen (secondary N) is 1. The van der Waals surface area contributed by atoms with Gasteiger partial charge in [-0.3, -0.25) is 9.69 Å². The maximum atomic E-state index is 14.3. The highest BCUT2D eigenvalue weighted by atomic mass is 19.2. The smallest absolute Gasteiger partial charge is 0.261 e. The van der Waals surface area contributed by atoms with Crippen molar-refractivity contribution < 1.29 is 41.3 Å². The number of amides is 1. The van der Waals surface area contributed by atoms with E-state index in [4.69, 9.17) is 9.47 Å². The lowest BCUT2D eigenvalue weighted by Crippen LogP contribution is -2.44. The number of likely N-dealkylation sites (N-methyl/N-ethyl adjacent to an activating group) is 1. The molecular weight excluding hydrogens is 607 g/mol. The van der Waals surface area contributed by atoms with Crippen LogP contribution in [0, 0.1) is 35.0 Å². The average molecular weight is 641 g/mol. The van der Waals surface area contributed by atoms with Gasteiger partial charge in [0.05, 0.1) is 18.8 Å². The van der Waals surface area contributed by atoms with E-state index in [1.807, 2.05) is 56.4 Å². The van der Waals surface area contributed by atoms with Gasteiger partial charge in [-0.25, -0.2) is 22.0 Å². The molecule has 11 heteroatoms. The standard InChI is InChI=1S/C35H33F5N2O4/c1-19-26(17-42(3)20(2)22-8-5-4-6-9-22)45-35(46-33(19)23-14-12-21(18-43)13-15-23)24-10-7-11-25(16-24)41-34(44)27-28(36)30(38)32(40)31(39)29(27)37/h4-16,19-20,26,33,35,43H,17-18H2,1-3H3,(H,41,44)/t19-,20-,26+,33+,35+/m0/s1. The van der Waals surface area contributed by atoms with Crippen LogP contribution in [0.5, 0.6) is 0 Å². The Kier molecular flexibility index (Phi) is 10.2. The van der Waals surface area contributed by atoms with Crippen molar-refractivity contribution >= 4 is 11.6 Å². The molecular formula is C35H33F5N2O4. The third kappa shape index (κ3) is 6.82. The summed E-state index contributed by atoms with van der Waals surface area (Å²) in [5.74, 6) is -12.9. The van der Waals surface area contributed by atoms with Crippen molar-refractivity contribution in [1.82, 2.24) is 4.90 Å². The first-order chi connectivity index (χ1) is 22.0. The van der Waals surface area contributed by atoms with E-state index in [0.29, 0.717) is 12.1 Å². The molecule has 0 radical (unpaired) electrons. The molecule has 0 spiro atoms. The first-order valence-electron chi connectivity index (χ1n) is 14.7. The lowest BCUT2D eigenvalue weighted by atomic mass is 9.89. The van der Waals surface area contributed by atoms with Crippen molar-refractivity contribution in [3.63, 3.8) is 0 Å². The van der Waals surface area contributed by atoms with Gasteiger partial charge < -0.3 is 19.9 Å². The molecule has 6 nitrogen and oxygen atoms in total. The quantitative estimate of drug-likeness (QED) is 0.112. The molecule has 1 aliphatic rings. The fraction of sp³-hybridized carbons (Fsp3) is 0.286. The predicted molar refractivity (Wildman–Crippen MR) is 161 cm³/mol. The number of halogens is 5. The summed E-state index contributed by atoms with van der Waals surface area (Å²) in [5.41, 5.74) is 1.61. The van der Waals surface area contributed by atoms with Crippen molar-refractivity contribution in [2.45, 2.75) is 45.0 Å². The number of hydrogen-bond donors (Lipinski definition) is 2. The summed E-state index contributed by atoms with van der Waals surface area (Å²) in [7, 11) is 2.00. The fourth-order valence-electron chi connectivity index (χ4n) is 5.52. The number of rotatable bonds is 9. The van der Waals surface area contributed by atoms with Gasteiger partial charge in [-0.15, -0.1) is 0 Å². The minimum atomic E-state index is -2.35. The van der Waals surface area contributed by atoms with E-state index in [-0.39, 0.29) is 30.4 Å². The van der Waals surface area contributed by atoms with Gasteiger partial charge in [0.25, 0.3) is 5.91 Å². The zero-order valence-corrected chi connectivity index (χ0v) is 25.3. The molecule has 0 aliphatic carbocycles. The molecule has 1 aliphatic heterocycles. The summed E-state index contributed by atoms with van der Waals surface area (Å²) in [6, 6.07) is 23.5. The Labute approximate surface area is 263 Å². The highest BCUT2D eigenvalue weighted by Crippen LogP contribution is 2.42.